The van der Waals surface area contributed by atoms with Crippen LogP contribution in [0.2, 0.25) is 40.2 Å². The van der Waals surface area contributed by atoms with Gasteiger partial charge in [0.15, 0.2) is 23.4 Å². The number of hydrogen-bond donors (Lipinski definition) is 1. The molecule has 0 radical (unpaired) electrons. The molecule has 7 aromatic rings. The van der Waals surface area contributed by atoms with E-state index in [0.717, 1.165) is 30.6 Å². The molecule has 444 valence electrons. The summed E-state index contributed by atoms with van der Waals surface area (Å²) in [5, 5.41) is 27.3. The van der Waals surface area contributed by atoms with Crippen LogP contribution in [-0.2, 0) is 28.8 Å². The van der Waals surface area contributed by atoms with Gasteiger partial charge in [-0.3, -0.25) is 44.0 Å². The molecular formula is C60H45Cl8N11O8. The molecule has 0 saturated carbocycles. The molecule has 6 amide bonds. The molecule has 0 spiro atoms. The van der Waals surface area contributed by atoms with E-state index >= 15 is 0 Å². The molecule has 19 nitrogen and oxygen atoms in total. The minimum atomic E-state index is -1.31. The van der Waals surface area contributed by atoms with Crippen molar-refractivity contribution in [1.82, 2.24) is 5.43 Å². The Bertz CT molecular complexity index is 4100. The standard InChI is InChI=1S/C30H20Cl4N6O3.C30H25Cl4N5O5/c1-15-11-25(41)39(29(15)42)18-9-10-20(32)24(14-18)35-28-26(37-36-23-8-4-6-16-5-2-3-7-19(16)23)30(43)40(38-28)27-21(33)12-17(31)13-22(27)34;1-4-43-23-9-6-17(13-24(23)44-5-2)35-36-27-26(37-39(30(27)42)28-21(33)11-16(31)12-22(28)34)19-14-18(7-8-20(19)32)38-25(40)10-15(3)29(38)41/h2-10,12-15,26H,11H2,1H3,(H,35,38);6-9,11-15,27H,4-5,10H2,1-3H3. The first-order valence-corrected chi connectivity index (χ1v) is 29.6. The lowest BCUT2D eigenvalue weighted by Crippen LogP contribution is -2.36. The predicted octanol–water partition coefficient (Wildman–Crippen LogP) is 16.0. The summed E-state index contributed by atoms with van der Waals surface area (Å²) in [4.78, 5) is 85.2. The third-order valence-corrected chi connectivity index (χ3v) is 16.0. The summed E-state index contributed by atoms with van der Waals surface area (Å²) in [5.41, 5.74) is 5.23. The number of aliphatic imine (C=N–C) groups is 1. The second-order valence-electron chi connectivity index (χ2n) is 19.7. The number of ether oxygens (including phenoxy) is 2. The molecule has 4 aliphatic heterocycles. The second-order valence-corrected chi connectivity index (χ2v) is 23.0. The van der Waals surface area contributed by atoms with E-state index in [4.69, 9.17) is 102 Å². The van der Waals surface area contributed by atoms with Gasteiger partial charge in [0.1, 0.15) is 17.1 Å². The molecule has 0 aliphatic carbocycles. The number of halogens is 8. The van der Waals surface area contributed by atoms with E-state index in [1.807, 2.05) is 50.2 Å². The molecule has 4 atom stereocenters. The minimum absolute atomic E-state index is 0.0579. The van der Waals surface area contributed by atoms with Crippen molar-refractivity contribution < 1.29 is 38.2 Å². The van der Waals surface area contributed by atoms with Gasteiger partial charge < -0.3 is 9.47 Å². The van der Waals surface area contributed by atoms with Crippen molar-refractivity contribution in [1.29, 1.82) is 0 Å². The van der Waals surface area contributed by atoms with Crippen LogP contribution in [0.25, 0.3) is 10.8 Å². The molecule has 3 fully saturated rings. The van der Waals surface area contributed by atoms with Gasteiger partial charge in [0.05, 0.1) is 66.8 Å². The largest absolute Gasteiger partial charge is 0.490 e. The predicted molar refractivity (Wildman–Crippen MR) is 339 cm³/mol. The fourth-order valence-electron chi connectivity index (χ4n) is 9.68. The van der Waals surface area contributed by atoms with E-state index in [1.165, 1.54) is 48.5 Å². The van der Waals surface area contributed by atoms with Gasteiger partial charge in [-0.05, 0) is 98.1 Å². The zero-order chi connectivity index (χ0) is 62.1. The number of hydrazine groups is 1. The molecule has 3 saturated heterocycles. The fourth-order valence-corrected chi connectivity index (χ4v) is 12.0. The van der Waals surface area contributed by atoms with Crippen LogP contribution in [-0.4, -0.2) is 72.3 Å². The third kappa shape index (κ3) is 12.8. The molecule has 0 aromatic heterocycles. The fraction of sp³-hybridized carbons (Fsp3) is 0.200. The van der Waals surface area contributed by atoms with Gasteiger partial charge in [-0.25, -0.2) is 10.0 Å². The van der Waals surface area contributed by atoms with Gasteiger partial charge in [-0.1, -0.05) is 143 Å². The minimum Gasteiger partial charge on any atom is -0.490 e. The van der Waals surface area contributed by atoms with E-state index in [9.17, 15) is 28.8 Å². The van der Waals surface area contributed by atoms with E-state index < -0.39 is 35.7 Å². The first kappa shape index (κ1) is 62.3. The first-order chi connectivity index (χ1) is 41.6. The molecule has 1 N–H and O–H groups in total. The molecule has 87 heavy (non-hydrogen) atoms. The van der Waals surface area contributed by atoms with E-state index in [1.54, 1.807) is 50.2 Å². The van der Waals surface area contributed by atoms with Gasteiger partial charge >= 0.3 is 0 Å². The van der Waals surface area contributed by atoms with Crippen molar-refractivity contribution in [2.24, 2.45) is 42.4 Å². The molecule has 7 aromatic carbocycles. The van der Waals surface area contributed by atoms with E-state index in [2.05, 4.69) is 36.0 Å². The van der Waals surface area contributed by atoms with Crippen LogP contribution < -0.4 is 34.7 Å². The molecule has 4 aliphatic rings. The molecule has 27 heteroatoms. The summed E-state index contributed by atoms with van der Waals surface area (Å²) in [7, 11) is 0. The highest BCUT2D eigenvalue weighted by Crippen LogP contribution is 2.43. The normalized spacial score (nSPS) is 19.2. The van der Waals surface area contributed by atoms with Crippen molar-refractivity contribution in [2.45, 2.75) is 52.6 Å². The zero-order valence-electron chi connectivity index (χ0n) is 45.9. The Hall–Kier alpha value is -7.72. The molecule has 4 unspecified atom stereocenters. The number of carbonyl (C=O) groups excluding carboxylic acids is 6. The smallest absolute Gasteiger partial charge is 0.280 e. The highest BCUT2D eigenvalue weighted by Gasteiger charge is 2.44. The average molecular weight is 1330 g/mol. The Balaban J connectivity index is 0.000000193. The van der Waals surface area contributed by atoms with Crippen LogP contribution in [0, 0.1) is 11.8 Å². The summed E-state index contributed by atoms with van der Waals surface area (Å²) >= 11 is 51.1. The summed E-state index contributed by atoms with van der Waals surface area (Å²) < 4.78 is 11.3. The molecule has 11 rings (SSSR count). The van der Waals surface area contributed by atoms with Crippen LogP contribution in [0.5, 0.6) is 11.5 Å². The monoisotopic (exact) mass is 1330 g/mol. The van der Waals surface area contributed by atoms with Crippen molar-refractivity contribution >= 4 is 190 Å². The van der Waals surface area contributed by atoms with Gasteiger partial charge in [-0.2, -0.15) is 30.6 Å². The highest BCUT2D eigenvalue weighted by molar-refractivity contribution is 6.45. The van der Waals surface area contributed by atoms with Gasteiger partial charge in [0.25, 0.3) is 11.8 Å². The number of amides is 6. The Kier molecular flexibility index (Phi) is 18.9. The van der Waals surface area contributed by atoms with E-state index in [0.29, 0.717) is 41.8 Å². The zero-order valence-corrected chi connectivity index (χ0v) is 52.0. The Morgan fingerprint density at radius 2 is 1.10 bits per heavy atom. The number of anilines is 4. The van der Waals surface area contributed by atoms with Crippen molar-refractivity contribution in [2.75, 3.05) is 33.0 Å². The Morgan fingerprint density at radius 1 is 0.540 bits per heavy atom. The van der Waals surface area contributed by atoms with Gasteiger partial charge in [0.2, 0.25) is 29.7 Å². The van der Waals surface area contributed by atoms with Crippen molar-refractivity contribution in [3.8, 4) is 11.5 Å². The number of carbonyl (C=O) groups is 6. The third-order valence-electron chi connectivity index (χ3n) is 13.8. The molecule has 0 bridgehead atoms. The number of imide groups is 2. The number of hydrogen-bond acceptors (Lipinski definition) is 14. The number of azo groups is 2. The molecule has 4 heterocycles. The van der Waals surface area contributed by atoms with Crippen LogP contribution in [0.1, 0.15) is 46.1 Å². The maximum atomic E-state index is 13.9. The average Bonchev–Trinajstić information content (AvgIpc) is 1.88. The van der Waals surface area contributed by atoms with E-state index in [-0.39, 0.29) is 117 Å². The van der Waals surface area contributed by atoms with Gasteiger partial charge in [0, 0.05) is 56.8 Å². The quantitative estimate of drug-likeness (QED) is 0.0807. The number of benzene rings is 7. The summed E-state index contributed by atoms with van der Waals surface area (Å²) in [6.07, 6.45) is 0.190. The number of nitrogens with zero attached hydrogens (tertiary/aromatic N) is 10. The number of rotatable bonds is 14. The molecular weight excluding hydrogens is 1290 g/mol. The Morgan fingerprint density at radius 3 is 1.71 bits per heavy atom. The topological polar surface area (TPSA) is 220 Å². The maximum Gasteiger partial charge on any atom is 0.280 e. The van der Waals surface area contributed by atoms with Crippen LogP contribution in [0.15, 0.2) is 152 Å². The van der Waals surface area contributed by atoms with Crippen molar-refractivity contribution in [3.63, 3.8) is 0 Å². The van der Waals surface area contributed by atoms with Crippen molar-refractivity contribution in [3.05, 3.63) is 167 Å². The number of amidine groups is 1. The van der Waals surface area contributed by atoms with Gasteiger partial charge in [-0.15, -0.1) is 0 Å². The summed E-state index contributed by atoms with van der Waals surface area (Å²) in [5.74, 6) is -2.38. The van der Waals surface area contributed by atoms with Crippen LogP contribution in [0.3, 0.4) is 0 Å². The second kappa shape index (κ2) is 26.3. The number of fused-ring (bicyclic) bond motifs is 1. The lowest BCUT2D eigenvalue weighted by molar-refractivity contribution is -0.123. The summed E-state index contributed by atoms with van der Waals surface area (Å²) in [6, 6.07) is 30.6. The van der Waals surface area contributed by atoms with Crippen LogP contribution >= 0.6 is 92.8 Å². The van der Waals surface area contributed by atoms with Crippen LogP contribution in [0.4, 0.5) is 39.8 Å². The Labute approximate surface area is 537 Å². The SMILES string of the molecule is CC1CC(=O)N(c2ccc(Cl)c(N=C3NN(c4c(Cl)cc(Cl)cc4Cl)C(=O)C3N=Nc3cccc4ccccc34)c2)C1=O.CCOc1ccc(N=NC2C(=O)N(c3c(Cl)cc(Cl)cc3Cl)N=C2c2cc(N3C(=O)CC(C)C3=O)ccc2Cl)cc1OCC. The highest BCUT2D eigenvalue weighted by atomic mass is 35.5. The summed E-state index contributed by atoms with van der Waals surface area (Å²) in [6.45, 7) is 7.91. The maximum absolute atomic E-state index is 13.9. The lowest BCUT2D eigenvalue weighted by Gasteiger charge is -2.19. The first-order valence-electron chi connectivity index (χ1n) is 26.6. The lowest BCUT2D eigenvalue weighted by atomic mass is 10.0. The number of nitrogens with one attached hydrogen (secondary N) is 1. The number of hydrazone groups is 1.